The van der Waals surface area contributed by atoms with Gasteiger partial charge in [0.05, 0.1) is 11.1 Å². The molecule has 2 aromatic carbocycles. The number of nitrogens with zero attached hydrogens (tertiary/aromatic N) is 1. The van der Waals surface area contributed by atoms with Crippen LogP contribution in [0, 0.1) is 0 Å². The van der Waals surface area contributed by atoms with E-state index in [1.54, 1.807) is 18.2 Å². The maximum Gasteiger partial charge on any atom is 0.416 e. The maximum atomic E-state index is 13.4. The molecule has 0 aliphatic carbocycles. The van der Waals surface area contributed by atoms with E-state index in [-0.39, 0.29) is 25.1 Å². The van der Waals surface area contributed by atoms with Gasteiger partial charge in [-0.15, -0.1) is 0 Å². The van der Waals surface area contributed by atoms with Crippen LogP contribution in [-0.2, 0) is 18.8 Å². The molecule has 5 nitrogen and oxygen atoms in total. The molecule has 1 aliphatic heterocycles. The lowest BCUT2D eigenvalue weighted by Crippen LogP contribution is -2.55. The topological polar surface area (TPSA) is 61.4 Å². The number of alkyl halides is 6. The summed E-state index contributed by atoms with van der Waals surface area (Å²) < 4.78 is 80.1. The van der Waals surface area contributed by atoms with Crippen molar-refractivity contribution in [1.29, 1.82) is 0 Å². The Morgan fingerprint density at radius 2 is 1.49 bits per heavy atom. The minimum absolute atomic E-state index is 0.00220. The van der Waals surface area contributed by atoms with Crippen LogP contribution in [0.5, 0.6) is 0 Å². The number of amides is 3. The molecule has 2 aromatic rings. The van der Waals surface area contributed by atoms with Crippen molar-refractivity contribution < 1.29 is 35.9 Å². The number of nitrogens with one attached hydrogen (secondary N) is 2. The normalized spacial score (nSPS) is 18.9. The number of likely N-dealkylation sites (tertiary alicyclic amines) is 1. The van der Waals surface area contributed by atoms with Gasteiger partial charge in [0.15, 0.2) is 0 Å². The van der Waals surface area contributed by atoms with Crippen LogP contribution >= 0.6 is 0 Å². The van der Waals surface area contributed by atoms with E-state index in [9.17, 15) is 35.9 Å². The highest BCUT2D eigenvalue weighted by molar-refractivity contribution is 5.95. The average Bonchev–Trinajstić information content (AvgIpc) is 2.77. The average molecular weight is 530 g/mol. The van der Waals surface area contributed by atoms with Crippen LogP contribution in [0.1, 0.15) is 60.7 Å². The summed E-state index contributed by atoms with van der Waals surface area (Å²) in [5.74, 6) is -0.921. The number of piperidine rings is 1. The summed E-state index contributed by atoms with van der Waals surface area (Å²) in [4.78, 5) is 27.1. The fourth-order valence-corrected chi connectivity index (χ4v) is 4.34. The Labute approximate surface area is 211 Å². The predicted molar refractivity (Wildman–Crippen MR) is 126 cm³/mol. The molecular weight excluding hydrogens is 500 g/mol. The summed E-state index contributed by atoms with van der Waals surface area (Å²) in [6.45, 7) is 5.50. The van der Waals surface area contributed by atoms with Crippen molar-refractivity contribution >= 4 is 11.9 Å². The van der Waals surface area contributed by atoms with Gasteiger partial charge >= 0.3 is 18.4 Å². The molecule has 1 fully saturated rings. The smallest absolute Gasteiger partial charge is 0.335 e. The minimum Gasteiger partial charge on any atom is -0.335 e. The third-order valence-electron chi connectivity index (χ3n) is 5.95. The summed E-state index contributed by atoms with van der Waals surface area (Å²) in [6.07, 6.45) is -9.23. The first-order valence-corrected chi connectivity index (χ1v) is 11.8. The molecule has 1 heterocycles. The number of urea groups is 1. The van der Waals surface area contributed by atoms with Gasteiger partial charge in [-0.3, -0.25) is 4.79 Å². The number of hydrogen-bond donors (Lipinski definition) is 2. The molecule has 2 atom stereocenters. The van der Waals surface area contributed by atoms with Crippen molar-refractivity contribution in [3.05, 3.63) is 70.8 Å². The monoisotopic (exact) mass is 529 g/mol. The van der Waals surface area contributed by atoms with Crippen LogP contribution in [0.25, 0.3) is 0 Å². The second kappa shape index (κ2) is 10.6. The third kappa shape index (κ3) is 7.87. The minimum atomic E-state index is -5.06. The molecule has 2 N–H and O–H groups in total. The van der Waals surface area contributed by atoms with Crippen LogP contribution in [0.15, 0.2) is 48.5 Å². The van der Waals surface area contributed by atoms with Crippen molar-refractivity contribution in [2.24, 2.45) is 0 Å². The van der Waals surface area contributed by atoms with Gasteiger partial charge in [-0.1, -0.05) is 30.3 Å². The van der Waals surface area contributed by atoms with Gasteiger partial charge in [0.1, 0.15) is 0 Å². The molecule has 1 saturated heterocycles. The summed E-state index contributed by atoms with van der Waals surface area (Å²) in [7, 11) is 0. The van der Waals surface area contributed by atoms with Crippen molar-refractivity contribution in [3.8, 4) is 0 Å². The van der Waals surface area contributed by atoms with Crippen LogP contribution in [0.3, 0.4) is 0 Å². The van der Waals surface area contributed by atoms with Crippen molar-refractivity contribution in [2.45, 2.75) is 70.0 Å². The van der Waals surface area contributed by atoms with Crippen molar-refractivity contribution in [2.75, 3.05) is 6.54 Å². The van der Waals surface area contributed by atoms with Gasteiger partial charge in [-0.25, -0.2) is 4.79 Å². The van der Waals surface area contributed by atoms with E-state index in [1.807, 2.05) is 32.9 Å². The molecular formula is C26H29F6N3O2. The Bertz CT molecular complexity index is 1080. The number of hydrogen-bond acceptors (Lipinski definition) is 2. The van der Waals surface area contributed by atoms with E-state index in [0.29, 0.717) is 25.0 Å². The van der Waals surface area contributed by atoms with E-state index in [0.717, 1.165) is 5.56 Å². The fourth-order valence-electron chi connectivity index (χ4n) is 4.34. The molecule has 0 saturated carbocycles. The second-order valence-electron chi connectivity index (χ2n) is 10.2. The standard InChI is InChI=1S/C26H29F6N3O2/c1-24(2,3)34-23(37)33-20-9-10-35(21(15-20)11-16-7-5-4-6-8-16)22(36)17-12-18(25(27,28)29)14-19(13-17)26(30,31)32/h4-8,12-14,20-21H,9-11,15H2,1-3H3,(H2,33,34,37)/t20-,21+/m0/s1. The molecule has 3 amide bonds. The van der Waals surface area contributed by atoms with Gasteiger partial charge < -0.3 is 15.5 Å². The molecule has 1 aliphatic rings. The molecule has 11 heteroatoms. The lowest BCUT2D eigenvalue weighted by molar-refractivity contribution is -0.143. The van der Waals surface area contributed by atoms with E-state index in [4.69, 9.17) is 0 Å². The van der Waals surface area contributed by atoms with Crippen LogP contribution in [0.4, 0.5) is 31.1 Å². The fraction of sp³-hybridized carbons (Fsp3) is 0.462. The zero-order valence-corrected chi connectivity index (χ0v) is 20.6. The molecule has 37 heavy (non-hydrogen) atoms. The summed E-state index contributed by atoms with van der Waals surface area (Å²) in [6, 6.07) is 8.63. The lowest BCUT2D eigenvalue weighted by Gasteiger charge is -2.40. The van der Waals surface area contributed by atoms with E-state index in [2.05, 4.69) is 10.6 Å². The van der Waals surface area contributed by atoms with Gasteiger partial charge in [0.25, 0.3) is 5.91 Å². The number of benzene rings is 2. The zero-order chi connectivity index (χ0) is 27.6. The predicted octanol–water partition coefficient (Wildman–Crippen LogP) is 6.04. The molecule has 0 bridgehead atoms. The number of carbonyl (C=O) groups is 2. The first-order chi connectivity index (χ1) is 17.0. The van der Waals surface area contributed by atoms with Gasteiger partial charge in [-0.2, -0.15) is 26.3 Å². The highest BCUT2D eigenvalue weighted by Crippen LogP contribution is 2.37. The molecule has 3 rings (SSSR count). The molecule has 0 aromatic heterocycles. The first-order valence-electron chi connectivity index (χ1n) is 11.8. The SMILES string of the molecule is CC(C)(C)NC(=O)N[C@H]1CCN(C(=O)c2cc(C(F)(F)F)cc(C(F)(F)F)c2)[C@H](Cc2ccccc2)C1. The van der Waals surface area contributed by atoms with Crippen LogP contribution < -0.4 is 10.6 Å². The third-order valence-corrected chi connectivity index (χ3v) is 5.95. The molecule has 0 radical (unpaired) electrons. The Kier molecular flexibility index (Phi) is 8.14. The highest BCUT2D eigenvalue weighted by Gasteiger charge is 2.39. The van der Waals surface area contributed by atoms with Crippen molar-refractivity contribution in [3.63, 3.8) is 0 Å². The second-order valence-corrected chi connectivity index (χ2v) is 10.2. The first kappa shape index (κ1) is 28.3. The maximum absolute atomic E-state index is 13.4. The molecule has 202 valence electrons. The number of carbonyl (C=O) groups excluding carboxylic acids is 2. The number of halogens is 6. The Morgan fingerprint density at radius 1 is 0.919 bits per heavy atom. The number of rotatable bonds is 4. The molecule has 0 spiro atoms. The summed E-state index contributed by atoms with van der Waals surface area (Å²) in [5.41, 5.74) is -3.41. The van der Waals surface area contributed by atoms with E-state index in [1.165, 1.54) is 4.90 Å². The van der Waals surface area contributed by atoms with Gasteiger partial charge in [0, 0.05) is 29.7 Å². The Balaban J connectivity index is 1.91. The summed E-state index contributed by atoms with van der Waals surface area (Å²) >= 11 is 0. The molecule has 0 unspecified atom stereocenters. The van der Waals surface area contributed by atoms with Crippen molar-refractivity contribution in [1.82, 2.24) is 15.5 Å². The Morgan fingerprint density at radius 3 is 2.00 bits per heavy atom. The van der Waals surface area contributed by atoms with Gasteiger partial charge in [-0.05, 0) is 63.8 Å². The van der Waals surface area contributed by atoms with E-state index >= 15 is 0 Å². The largest absolute Gasteiger partial charge is 0.416 e. The quantitative estimate of drug-likeness (QED) is 0.475. The van der Waals surface area contributed by atoms with Crippen LogP contribution in [-0.4, -0.2) is 41.0 Å². The van der Waals surface area contributed by atoms with E-state index < -0.39 is 52.6 Å². The lowest BCUT2D eigenvalue weighted by atomic mass is 9.91. The zero-order valence-electron chi connectivity index (χ0n) is 20.6. The van der Waals surface area contributed by atoms with Crippen LogP contribution in [0.2, 0.25) is 0 Å². The van der Waals surface area contributed by atoms with Gasteiger partial charge in [0.2, 0.25) is 0 Å². The highest BCUT2D eigenvalue weighted by atomic mass is 19.4. The summed E-state index contributed by atoms with van der Waals surface area (Å²) in [5, 5.41) is 5.65. The Hall–Kier alpha value is -3.24.